The van der Waals surface area contributed by atoms with Gasteiger partial charge in [0, 0.05) is 37.0 Å². The van der Waals surface area contributed by atoms with Crippen LogP contribution < -0.4 is 15.5 Å². The van der Waals surface area contributed by atoms with Gasteiger partial charge in [-0.3, -0.25) is 4.98 Å². The predicted molar refractivity (Wildman–Crippen MR) is 149 cm³/mol. The second-order valence-electron chi connectivity index (χ2n) is 9.04. The second kappa shape index (κ2) is 9.98. The van der Waals surface area contributed by atoms with Crippen LogP contribution in [0.5, 0.6) is 5.75 Å². The first-order chi connectivity index (χ1) is 17.6. The molecular weight excluding hydrogens is 533 g/mol. The average molecular weight is 558 g/mol. The lowest BCUT2D eigenvalue weighted by molar-refractivity contribution is 0.476. The Balaban J connectivity index is 1.57. The Morgan fingerprint density at radius 3 is 2.41 bits per heavy atom. The molecule has 37 heavy (non-hydrogen) atoms. The summed E-state index contributed by atoms with van der Waals surface area (Å²) >= 11 is 12.3. The molecule has 4 aromatic rings. The van der Waals surface area contributed by atoms with E-state index in [-0.39, 0.29) is 20.7 Å². The number of aromatic hydroxyl groups is 1. The molecule has 1 atom stereocenters. The van der Waals surface area contributed by atoms with Gasteiger partial charge in [0.15, 0.2) is 15.6 Å². The first kappa shape index (κ1) is 25.5. The van der Waals surface area contributed by atoms with Crippen LogP contribution in [0.25, 0.3) is 22.0 Å². The van der Waals surface area contributed by atoms with Gasteiger partial charge in [-0.1, -0.05) is 29.3 Å². The average Bonchev–Trinajstić information content (AvgIpc) is 3.36. The van der Waals surface area contributed by atoms with E-state index in [9.17, 15) is 13.5 Å². The molecule has 3 heterocycles. The first-order valence-electron chi connectivity index (χ1n) is 11.6. The highest BCUT2D eigenvalue weighted by Crippen LogP contribution is 2.39. The third-order valence-corrected chi connectivity index (χ3v) is 8.21. The Kier molecular flexibility index (Phi) is 6.89. The quantitative estimate of drug-likeness (QED) is 0.295. The summed E-state index contributed by atoms with van der Waals surface area (Å²) < 4.78 is 25.4. The van der Waals surface area contributed by atoms with Gasteiger partial charge in [-0.15, -0.1) is 0 Å². The van der Waals surface area contributed by atoms with Gasteiger partial charge in [-0.05, 0) is 61.0 Å². The molecule has 0 saturated carbocycles. The number of likely N-dealkylation sites (N-methyl/N-ethyl adjacent to an activating group) is 1. The van der Waals surface area contributed by atoms with Crippen LogP contribution in [0, 0.1) is 0 Å². The maximum Gasteiger partial charge on any atom is 0.179 e. The largest absolute Gasteiger partial charge is 0.505 e. The zero-order valence-electron chi connectivity index (χ0n) is 20.2. The van der Waals surface area contributed by atoms with E-state index in [0.717, 1.165) is 37.1 Å². The molecule has 1 saturated heterocycles. The maximum absolute atomic E-state index is 12.7. The third-order valence-electron chi connectivity index (χ3n) is 6.52. The molecule has 1 fully saturated rings. The highest BCUT2D eigenvalue weighted by Gasteiger charge is 2.22. The Hall–Kier alpha value is -3.11. The minimum absolute atomic E-state index is 0.0689. The molecule has 5 rings (SSSR count). The lowest BCUT2D eigenvalue weighted by Gasteiger charge is -2.18. The number of fused-ring (bicyclic) bond motifs is 1. The van der Waals surface area contributed by atoms with Gasteiger partial charge in [0.05, 0.1) is 33.1 Å². The van der Waals surface area contributed by atoms with Crippen LogP contribution in [0.2, 0.25) is 10.0 Å². The van der Waals surface area contributed by atoms with E-state index in [1.807, 2.05) is 31.3 Å². The highest BCUT2D eigenvalue weighted by atomic mass is 35.5. The van der Waals surface area contributed by atoms with Crippen molar-refractivity contribution in [3.05, 3.63) is 64.9 Å². The zero-order valence-corrected chi connectivity index (χ0v) is 22.5. The van der Waals surface area contributed by atoms with Crippen molar-refractivity contribution in [3.63, 3.8) is 0 Å². The summed E-state index contributed by atoms with van der Waals surface area (Å²) in [5, 5.41) is 17.3. The Morgan fingerprint density at radius 2 is 1.78 bits per heavy atom. The van der Waals surface area contributed by atoms with Crippen molar-refractivity contribution >= 4 is 61.1 Å². The molecule has 2 aromatic heterocycles. The van der Waals surface area contributed by atoms with E-state index in [2.05, 4.69) is 25.5 Å². The summed E-state index contributed by atoms with van der Waals surface area (Å²) in [5.74, 6) is 0.678. The number of nitrogens with one attached hydrogen (secondary N) is 2. The number of hydrogen-bond acceptors (Lipinski definition) is 8. The topological polar surface area (TPSA) is 107 Å². The fourth-order valence-corrected chi connectivity index (χ4v) is 5.75. The number of phenolic OH excluding ortho intramolecular Hbond substituents is 1. The predicted octanol–water partition coefficient (Wildman–Crippen LogP) is 5.25. The maximum atomic E-state index is 12.7. The number of halogens is 2. The van der Waals surface area contributed by atoms with Gasteiger partial charge in [0.25, 0.3) is 0 Å². The van der Waals surface area contributed by atoms with Gasteiger partial charge in [-0.2, -0.15) is 0 Å². The van der Waals surface area contributed by atoms with Crippen LogP contribution >= 0.6 is 23.2 Å². The first-order valence-corrected chi connectivity index (χ1v) is 14.3. The zero-order chi connectivity index (χ0) is 26.3. The monoisotopic (exact) mass is 557 g/mol. The van der Waals surface area contributed by atoms with E-state index in [4.69, 9.17) is 23.2 Å². The lowest BCUT2D eigenvalue weighted by Crippen LogP contribution is -2.29. The SMILES string of the molecule is CNC1CCN(c2ccc(Nc3c(S(C)(=O)=O)cnc4ccc(-c5cc(Cl)c(O)c(Cl)c5)cc34)cn2)C1. The minimum atomic E-state index is -3.61. The Bertz CT molecular complexity index is 1570. The fraction of sp³-hybridized carbons (Fsp3) is 0.231. The van der Waals surface area contributed by atoms with E-state index in [0.29, 0.717) is 33.9 Å². The molecule has 3 N–H and O–H groups in total. The third kappa shape index (κ3) is 5.17. The van der Waals surface area contributed by atoms with E-state index in [1.54, 1.807) is 24.4 Å². The van der Waals surface area contributed by atoms with Crippen molar-refractivity contribution in [2.45, 2.75) is 17.4 Å². The number of benzene rings is 2. The summed E-state index contributed by atoms with van der Waals surface area (Å²) in [6.45, 7) is 1.81. The van der Waals surface area contributed by atoms with Crippen molar-refractivity contribution in [2.75, 3.05) is 36.6 Å². The van der Waals surface area contributed by atoms with Crippen molar-refractivity contribution in [1.29, 1.82) is 0 Å². The number of rotatable bonds is 6. The van der Waals surface area contributed by atoms with Crippen molar-refractivity contribution in [2.24, 2.45) is 0 Å². The fourth-order valence-electron chi connectivity index (χ4n) is 4.49. The second-order valence-corrected chi connectivity index (χ2v) is 11.8. The number of aromatic nitrogens is 2. The molecule has 0 amide bonds. The molecule has 0 radical (unpaired) electrons. The number of pyridine rings is 2. The van der Waals surface area contributed by atoms with Crippen LogP contribution in [0.4, 0.5) is 17.2 Å². The molecule has 0 aliphatic carbocycles. The number of hydrogen-bond donors (Lipinski definition) is 3. The number of nitrogens with zero attached hydrogens (tertiary/aromatic N) is 3. The van der Waals surface area contributed by atoms with Crippen molar-refractivity contribution < 1.29 is 13.5 Å². The smallest absolute Gasteiger partial charge is 0.179 e. The van der Waals surface area contributed by atoms with E-state index >= 15 is 0 Å². The number of sulfone groups is 1. The molecule has 1 unspecified atom stereocenters. The normalized spacial score (nSPS) is 15.9. The van der Waals surface area contributed by atoms with Crippen LogP contribution in [0.1, 0.15) is 6.42 Å². The van der Waals surface area contributed by atoms with Gasteiger partial charge in [0.1, 0.15) is 10.7 Å². The standard InChI is InChI=1S/C26H25Cl2N5O3S/c1-29-18-7-8-33(14-18)24-6-4-17(12-31-24)32-25-19-9-15(16-10-20(27)26(34)21(28)11-16)3-5-22(19)30-13-23(25)37(2,35)36/h3-6,9-13,18,29,34H,7-8,14H2,1-2H3,(H,30,32). The van der Waals surface area contributed by atoms with Gasteiger partial charge < -0.3 is 20.6 Å². The lowest BCUT2D eigenvalue weighted by atomic mass is 10.0. The molecule has 11 heteroatoms. The van der Waals surface area contributed by atoms with Gasteiger partial charge in [0.2, 0.25) is 0 Å². The van der Waals surface area contributed by atoms with Crippen LogP contribution in [-0.4, -0.2) is 55.9 Å². The van der Waals surface area contributed by atoms with Crippen LogP contribution in [-0.2, 0) is 9.84 Å². The summed E-state index contributed by atoms with van der Waals surface area (Å²) in [4.78, 5) is 11.3. The summed E-state index contributed by atoms with van der Waals surface area (Å²) in [6, 6.07) is 12.9. The summed E-state index contributed by atoms with van der Waals surface area (Å²) in [6.07, 6.45) is 5.26. The van der Waals surface area contributed by atoms with Gasteiger partial charge >= 0.3 is 0 Å². The van der Waals surface area contributed by atoms with Crippen molar-refractivity contribution in [3.8, 4) is 16.9 Å². The summed E-state index contributed by atoms with van der Waals surface area (Å²) in [5.41, 5.74) is 3.05. The molecule has 1 aliphatic rings. The van der Waals surface area contributed by atoms with Crippen molar-refractivity contribution in [1.82, 2.24) is 15.3 Å². The van der Waals surface area contributed by atoms with Crippen LogP contribution in [0.3, 0.4) is 0 Å². The molecule has 0 spiro atoms. The van der Waals surface area contributed by atoms with Crippen LogP contribution in [0.15, 0.2) is 59.8 Å². The molecule has 2 aromatic carbocycles. The van der Waals surface area contributed by atoms with E-state index in [1.165, 1.54) is 6.20 Å². The minimum Gasteiger partial charge on any atom is -0.505 e. The molecule has 1 aliphatic heterocycles. The summed E-state index contributed by atoms with van der Waals surface area (Å²) in [7, 11) is -1.65. The molecule has 8 nitrogen and oxygen atoms in total. The Labute approximate surface area is 225 Å². The highest BCUT2D eigenvalue weighted by molar-refractivity contribution is 7.90. The molecule has 0 bridgehead atoms. The number of anilines is 3. The Morgan fingerprint density at radius 1 is 1.03 bits per heavy atom. The molecular formula is C26H25Cl2N5O3S. The number of phenols is 1. The van der Waals surface area contributed by atoms with Gasteiger partial charge in [-0.25, -0.2) is 13.4 Å². The molecule has 192 valence electrons. The van der Waals surface area contributed by atoms with E-state index < -0.39 is 9.84 Å².